The minimum absolute atomic E-state index is 0. The van der Waals surface area contributed by atoms with Crippen LogP contribution in [-0.4, -0.2) is 23.1 Å². The van der Waals surface area contributed by atoms with Crippen molar-refractivity contribution < 1.29 is 0 Å². The summed E-state index contributed by atoms with van der Waals surface area (Å²) in [4.78, 5) is 11.4. The molecule has 0 atom stereocenters. The fourth-order valence-electron chi connectivity index (χ4n) is 2.42. The van der Waals surface area contributed by atoms with Gasteiger partial charge >= 0.3 is 0 Å². The first-order chi connectivity index (χ1) is 9.76. The van der Waals surface area contributed by atoms with Crippen molar-refractivity contribution in [2.45, 2.75) is 19.4 Å². The van der Waals surface area contributed by atoms with Crippen LogP contribution in [0.2, 0.25) is 5.02 Å². The summed E-state index contributed by atoms with van der Waals surface area (Å²) >= 11 is 5.93. The Hall–Kier alpha value is -1.36. The number of anilines is 1. The Balaban J connectivity index is 0.00000161. The number of hydrogen-bond acceptors (Lipinski definition) is 4. The predicted molar refractivity (Wildman–Crippen MR) is 89.1 cm³/mol. The van der Waals surface area contributed by atoms with Gasteiger partial charge in [-0.05, 0) is 31.0 Å². The maximum absolute atomic E-state index is 5.93. The minimum Gasteiger partial charge on any atom is -0.341 e. The van der Waals surface area contributed by atoms with Crippen molar-refractivity contribution in [2.24, 2.45) is 5.73 Å². The second kappa shape index (κ2) is 7.07. The van der Waals surface area contributed by atoms with Gasteiger partial charge in [0.25, 0.3) is 0 Å². The Labute approximate surface area is 135 Å². The van der Waals surface area contributed by atoms with Crippen LogP contribution in [0.25, 0.3) is 11.3 Å². The maximum Gasteiger partial charge on any atom is 0.226 e. The Morgan fingerprint density at radius 3 is 2.38 bits per heavy atom. The van der Waals surface area contributed by atoms with E-state index >= 15 is 0 Å². The zero-order chi connectivity index (χ0) is 13.9. The molecule has 0 radical (unpaired) electrons. The summed E-state index contributed by atoms with van der Waals surface area (Å²) in [6.45, 7) is 2.46. The number of hydrogen-bond donors (Lipinski definition) is 1. The van der Waals surface area contributed by atoms with Gasteiger partial charge in [-0.15, -0.1) is 12.4 Å². The third-order valence-electron chi connectivity index (χ3n) is 3.51. The number of halogens is 2. The Kier molecular flexibility index (Phi) is 5.39. The van der Waals surface area contributed by atoms with Gasteiger partial charge in [0.15, 0.2) is 0 Å². The van der Waals surface area contributed by atoms with Crippen LogP contribution in [0, 0.1) is 0 Å². The number of nitrogens with two attached hydrogens (primary N) is 1. The lowest BCUT2D eigenvalue weighted by molar-refractivity contribution is 0.870. The van der Waals surface area contributed by atoms with Gasteiger partial charge in [0.05, 0.1) is 11.4 Å². The molecule has 1 fully saturated rings. The van der Waals surface area contributed by atoms with Gasteiger partial charge in [-0.2, -0.15) is 0 Å². The molecular weight excluding hydrogens is 307 g/mol. The van der Waals surface area contributed by atoms with Crippen molar-refractivity contribution >= 4 is 30.0 Å². The molecule has 0 saturated carbocycles. The number of rotatable bonds is 3. The molecule has 1 aliphatic heterocycles. The molecule has 0 amide bonds. The van der Waals surface area contributed by atoms with E-state index in [1.54, 1.807) is 0 Å². The molecule has 2 N–H and O–H groups in total. The molecule has 0 unspecified atom stereocenters. The van der Waals surface area contributed by atoms with Gasteiger partial charge in [-0.3, -0.25) is 0 Å². The van der Waals surface area contributed by atoms with Gasteiger partial charge in [0.1, 0.15) is 0 Å². The monoisotopic (exact) mass is 324 g/mol. The highest BCUT2D eigenvalue weighted by molar-refractivity contribution is 6.30. The van der Waals surface area contributed by atoms with Crippen molar-refractivity contribution in [3.05, 3.63) is 41.0 Å². The zero-order valence-electron chi connectivity index (χ0n) is 11.6. The molecule has 0 spiro atoms. The van der Waals surface area contributed by atoms with Crippen LogP contribution >= 0.6 is 24.0 Å². The van der Waals surface area contributed by atoms with E-state index in [1.807, 2.05) is 30.3 Å². The SMILES string of the molecule is Cl.NCc1cc(-c2ccc(Cl)cc2)nc(N2CCCC2)n1. The summed E-state index contributed by atoms with van der Waals surface area (Å²) in [7, 11) is 0. The molecule has 1 saturated heterocycles. The van der Waals surface area contributed by atoms with Crippen molar-refractivity contribution in [2.75, 3.05) is 18.0 Å². The van der Waals surface area contributed by atoms with Crippen LogP contribution in [0.15, 0.2) is 30.3 Å². The molecule has 1 aromatic heterocycles. The van der Waals surface area contributed by atoms with Crippen molar-refractivity contribution in [1.82, 2.24) is 9.97 Å². The molecular formula is C15H18Cl2N4. The van der Waals surface area contributed by atoms with E-state index in [4.69, 9.17) is 17.3 Å². The third kappa shape index (κ3) is 3.64. The van der Waals surface area contributed by atoms with E-state index in [0.29, 0.717) is 6.54 Å². The molecule has 2 aromatic rings. The number of benzene rings is 1. The summed E-state index contributed by atoms with van der Waals surface area (Å²) in [5.41, 5.74) is 8.56. The van der Waals surface area contributed by atoms with Gasteiger partial charge in [-0.1, -0.05) is 23.7 Å². The zero-order valence-corrected chi connectivity index (χ0v) is 13.2. The third-order valence-corrected chi connectivity index (χ3v) is 3.76. The second-order valence-electron chi connectivity index (χ2n) is 4.95. The van der Waals surface area contributed by atoms with Crippen LogP contribution in [0.4, 0.5) is 5.95 Å². The van der Waals surface area contributed by atoms with Crippen LogP contribution < -0.4 is 10.6 Å². The first-order valence-corrected chi connectivity index (χ1v) is 7.23. The fraction of sp³-hybridized carbons (Fsp3) is 0.333. The van der Waals surface area contributed by atoms with Crippen LogP contribution in [0.1, 0.15) is 18.5 Å². The minimum atomic E-state index is 0. The Morgan fingerprint density at radius 2 is 1.76 bits per heavy atom. The molecule has 3 rings (SSSR count). The molecule has 2 heterocycles. The second-order valence-corrected chi connectivity index (χ2v) is 5.39. The standard InChI is InChI=1S/C15H17ClN4.ClH/c16-12-5-3-11(4-6-12)14-9-13(10-17)18-15(19-14)20-7-1-2-8-20;/h3-6,9H,1-2,7-8,10,17H2;1H. The lowest BCUT2D eigenvalue weighted by atomic mass is 10.1. The lowest BCUT2D eigenvalue weighted by Crippen LogP contribution is -2.21. The highest BCUT2D eigenvalue weighted by Gasteiger charge is 2.16. The topological polar surface area (TPSA) is 55.0 Å². The van der Waals surface area contributed by atoms with Crippen molar-refractivity contribution in [3.63, 3.8) is 0 Å². The van der Waals surface area contributed by atoms with Crippen molar-refractivity contribution in [1.29, 1.82) is 0 Å². The summed E-state index contributed by atoms with van der Waals surface area (Å²) in [5, 5.41) is 0.724. The number of aromatic nitrogens is 2. The van der Waals surface area contributed by atoms with E-state index in [9.17, 15) is 0 Å². The average Bonchev–Trinajstić information content (AvgIpc) is 3.02. The van der Waals surface area contributed by atoms with E-state index in [2.05, 4.69) is 14.9 Å². The molecule has 1 aliphatic rings. The summed E-state index contributed by atoms with van der Waals surface area (Å²) in [6.07, 6.45) is 2.40. The Bertz CT molecular complexity index is 595. The summed E-state index contributed by atoms with van der Waals surface area (Å²) in [6, 6.07) is 9.63. The van der Waals surface area contributed by atoms with E-state index in [-0.39, 0.29) is 12.4 Å². The molecule has 0 aliphatic carbocycles. The quantitative estimate of drug-likeness (QED) is 0.941. The smallest absolute Gasteiger partial charge is 0.226 e. The average molecular weight is 325 g/mol. The van der Waals surface area contributed by atoms with Gasteiger partial charge in [0, 0.05) is 30.2 Å². The maximum atomic E-state index is 5.93. The summed E-state index contributed by atoms with van der Waals surface area (Å²) < 4.78 is 0. The van der Waals surface area contributed by atoms with Gasteiger partial charge < -0.3 is 10.6 Å². The predicted octanol–water partition coefficient (Wildman–Crippen LogP) is 3.28. The highest BCUT2D eigenvalue weighted by atomic mass is 35.5. The van der Waals surface area contributed by atoms with E-state index < -0.39 is 0 Å². The molecule has 112 valence electrons. The van der Waals surface area contributed by atoms with Gasteiger partial charge in [-0.25, -0.2) is 9.97 Å². The number of nitrogens with zero attached hydrogens (tertiary/aromatic N) is 3. The van der Waals surface area contributed by atoms with Crippen molar-refractivity contribution in [3.8, 4) is 11.3 Å². The Morgan fingerprint density at radius 1 is 1.10 bits per heavy atom. The molecule has 4 nitrogen and oxygen atoms in total. The highest BCUT2D eigenvalue weighted by Crippen LogP contribution is 2.24. The van der Waals surface area contributed by atoms with Crippen LogP contribution in [0.5, 0.6) is 0 Å². The lowest BCUT2D eigenvalue weighted by Gasteiger charge is -2.17. The molecule has 21 heavy (non-hydrogen) atoms. The molecule has 0 bridgehead atoms. The molecule has 6 heteroatoms. The first kappa shape index (κ1) is 16.0. The van der Waals surface area contributed by atoms with Crippen LogP contribution in [-0.2, 0) is 6.54 Å². The normalized spacial score (nSPS) is 14.1. The fourth-order valence-corrected chi connectivity index (χ4v) is 2.54. The van der Waals surface area contributed by atoms with E-state index in [0.717, 1.165) is 41.0 Å². The summed E-state index contributed by atoms with van der Waals surface area (Å²) in [5.74, 6) is 0.787. The van der Waals surface area contributed by atoms with Crippen LogP contribution in [0.3, 0.4) is 0 Å². The largest absolute Gasteiger partial charge is 0.341 e. The van der Waals surface area contributed by atoms with E-state index in [1.165, 1.54) is 12.8 Å². The van der Waals surface area contributed by atoms with Gasteiger partial charge in [0.2, 0.25) is 5.95 Å². The molecule has 1 aromatic carbocycles. The first-order valence-electron chi connectivity index (χ1n) is 6.85.